The lowest BCUT2D eigenvalue weighted by atomic mass is 10.1. The quantitative estimate of drug-likeness (QED) is 0.447. The van der Waals surface area contributed by atoms with E-state index in [0.29, 0.717) is 5.92 Å². The van der Waals surface area contributed by atoms with Crippen LogP contribution in [0.3, 0.4) is 0 Å². The summed E-state index contributed by atoms with van der Waals surface area (Å²) >= 11 is 0. The summed E-state index contributed by atoms with van der Waals surface area (Å²) in [6.45, 7) is 6.30. The van der Waals surface area contributed by atoms with E-state index in [1.54, 1.807) is 6.21 Å². The third kappa shape index (κ3) is 5.85. The van der Waals surface area contributed by atoms with E-state index in [-0.39, 0.29) is 11.8 Å². The van der Waals surface area contributed by atoms with E-state index >= 15 is 0 Å². The average Bonchev–Trinajstić information content (AvgIpc) is 3.32. The van der Waals surface area contributed by atoms with Gasteiger partial charge in [-0.15, -0.1) is 0 Å². The van der Waals surface area contributed by atoms with Crippen molar-refractivity contribution in [2.75, 3.05) is 0 Å². The fraction of sp³-hybridized carbons (Fsp3) is 0.400. The van der Waals surface area contributed by atoms with Crippen molar-refractivity contribution in [3.05, 3.63) is 59.2 Å². The van der Waals surface area contributed by atoms with E-state index in [0.717, 1.165) is 19.3 Å². The Balaban J connectivity index is 1.72. The van der Waals surface area contributed by atoms with E-state index in [9.17, 15) is 4.79 Å². The Morgan fingerprint density at radius 3 is 2.70 bits per heavy atom. The molecule has 0 radical (unpaired) electrons. The van der Waals surface area contributed by atoms with E-state index in [2.05, 4.69) is 49.5 Å². The number of allylic oxidation sites excluding steroid dienone is 4. The van der Waals surface area contributed by atoms with Crippen LogP contribution in [0, 0.1) is 5.92 Å². The van der Waals surface area contributed by atoms with E-state index < -0.39 is 0 Å². The number of nitrogens with one attached hydrogen (secondary N) is 1. The van der Waals surface area contributed by atoms with Crippen LogP contribution in [0.2, 0.25) is 0 Å². The molecule has 0 spiro atoms. The maximum atomic E-state index is 12.0. The minimum atomic E-state index is 0.0192. The molecule has 1 saturated carbocycles. The molecule has 1 N–H and O–H groups in total. The number of hydrogen-bond donors (Lipinski definition) is 1. The van der Waals surface area contributed by atoms with Crippen molar-refractivity contribution in [2.45, 2.75) is 46.0 Å². The lowest BCUT2D eigenvalue weighted by Gasteiger charge is -2.00. The van der Waals surface area contributed by atoms with Gasteiger partial charge in [-0.2, -0.15) is 5.10 Å². The van der Waals surface area contributed by atoms with Gasteiger partial charge in [-0.25, -0.2) is 5.43 Å². The number of carbonyl (C=O) groups excluding carboxylic acids is 1. The summed E-state index contributed by atoms with van der Waals surface area (Å²) in [5, 5.41) is 4.03. The number of benzene rings is 1. The van der Waals surface area contributed by atoms with E-state index in [4.69, 9.17) is 0 Å². The SMILES string of the molecule is CC(C)=CCC/C(C)=C\C=N/NC(=O)[C@@H]1C[C@@H]1c1ccccc1. The van der Waals surface area contributed by atoms with E-state index in [1.165, 1.54) is 16.7 Å². The molecule has 0 unspecified atom stereocenters. The second-order valence-corrected chi connectivity index (χ2v) is 6.45. The second-order valence-electron chi connectivity index (χ2n) is 6.45. The van der Waals surface area contributed by atoms with Crippen molar-refractivity contribution in [2.24, 2.45) is 11.0 Å². The van der Waals surface area contributed by atoms with Gasteiger partial charge in [-0.05, 0) is 57.6 Å². The van der Waals surface area contributed by atoms with Crippen molar-refractivity contribution in [1.29, 1.82) is 0 Å². The normalized spacial score (nSPS) is 20.4. The standard InChI is InChI=1S/C20H26N2O/c1-15(2)8-7-9-16(3)12-13-21-22-20(23)19-14-18(19)17-10-5-4-6-11-17/h4-6,8,10-13,18-19H,7,9,14H2,1-3H3,(H,22,23)/b16-12-,21-13-/t18-,19-/m1/s1. The van der Waals surface area contributed by atoms with Gasteiger partial charge in [0.05, 0.1) is 0 Å². The Bertz CT molecular complexity index is 610. The van der Waals surface area contributed by atoms with Crippen molar-refractivity contribution >= 4 is 12.1 Å². The average molecular weight is 310 g/mol. The predicted octanol–water partition coefficient (Wildman–Crippen LogP) is 4.58. The van der Waals surface area contributed by atoms with Gasteiger partial charge in [-0.1, -0.05) is 47.6 Å². The van der Waals surface area contributed by atoms with Crippen LogP contribution in [0.5, 0.6) is 0 Å². The van der Waals surface area contributed by atoms with Gasteiger partial charge in [0.2, 0.25) is 5.91 Å². The first-order valence-electron chi connectivity index (χ1n) is 8.25. The van der Waals surface area contributed by atoms with Gasteiger partial charge in [0, 0.05) is 12.1 Å². The summed E-state index contributed by atoms with van der Waals surface area (Å²) in [7, 11) is 0. The molecule has 122 valence electrons. The maximum absolute atomic E-state index is 12.0. The van der Waals surface area contributed by atoms with Gasteiger partial charge >= 0.3 is 0 Å². The highest BCUT2D eigenvalue weighted by Gasteiger charge is 2.43. The Morgan fingerprint density at radius 2 is 2.00 bits per heavy atom. The molecule has 3 heteroatoms. The van der Waals surface area contributed by atoms with Crippen LogP contribution in [0.4, 0.5) is 0 Å². The van der Waals surface area contributed by atoms with Crippen LogP contribution >= 0.6 is 0 Å². The topological polar surface area (TPSA) is 41.5 Å². The van der Waals surface area contributed by atoms with Crippen molar-refractivity contribution in [3.8, 4) is 0 Å². The second kappa shape index (κ2) is 8.47. The fourth-order valence-electron chi connectivity index (χ4n) is 2.57. The summed E-state index contributed by atoms with van der Waals surface area (Å²) in [6.07, 6.45) is 8.85. The molecule has 2 atom stereocenters. The monoisotopic (exact) mass is 310 g/mol. The lowest BCUT2D eigenvalue weighted by Crippen LogP contribution is -2.19. The predicted molar refractivity (Wildman–Crippen MR) is 96.3 cm³/mol. The maximum Gasteiger partial charge on any atom is 0.243 e. The van der Waals surface area contributed by atoms with Crippen molar-refractivity contribution in [3.63, 3.8) is 0 Å². The molecule has 1 aliphatic carbocycles. The molecule has 0 heterocycles. The smallest absolute Gasteiger partial charge is 0.243 e. The zero-order valence-corrected chi connectivity index (χ0v) is 14.3. The van der Waals surface area contributed by atoms with Crippen LogP contribution in [0.15, 0.2) is 58.7 Å². The van der Waals surface area contributed by atoms with Crippen LogP contribution in [0.25, 0.3) is 0 Å². The first-order chi connectivity index (χ1) is 11.1. The molecule has 23 heavy (non-hydrogen) atoms. The van der Waals surface area contributed by atoms with Gasteiger partial charge in [0.1, 0.15) is 0 Å². The highest BCUT2D eigenvalue weighted by molar-refractivity contribution is 5.84. The van der Waals surface area contributed by atoms with Crippen LogP contribution in [-0.4, -0.2) is 12.1 Å². The van der Waals surface area contributed by atoms with Crippen molar-refractivity contribution in [1.82, 2.24) is 5.43 Å². The largest absolute Gasteiger partial charge is 0.273 e. The Kier molecular flexibility index (Phi) is 6.33. The zero-order chi connectivity index (χ0) is 16.7. The Labute approximate surface area is 139 Å². The first-order valence-corrected chi connectivity index (χ1v) is 8.25. The number of amides is 1. The van der Waals surface area contributed by atoms with Gasteiger partial charge in [0.15, 0.2) is 0 Å². The third-order valence-electron chi connectivity index (χ3n) is 4.05. The molecule has 1 aromatic carbocycles. The summed E-state index contributed by atoms with van der Waals surface area (Å²) in [5.41, 5.74) is 6.49. The molecular weight excluding hydrogens is 284 g/mol. The molecule has 3 nitrogen and oxygen atoms in total. The number of carbonyl (C=O) groups is 1. The minimum absolute atomic E-state index is 0.0192. The number of hydrogen-bond acceptors (Lipinski definition) is 2. The zero-order valence-electron chi connectivity index (χ0n) is 14.3. The molecule has 0 bridgehead atoms. The summed E-state index contributed by atoms with van der Waals surface area (Å²) in [6, 6.07) is 10.2. The molecule has 0 saturated heterocycles. The Hall–Kier alpha value is -2.16. The third-order valence-corrected chi connectivity index (χ3v) is 4.05. The molecule has 1 aliphatic rings. The molecule has 1 fully saturated rings. The van der Waals surface area contributed by atoms with Crippen LogP contribution in [0.1, 0.15) is 51.5 Å². The molecule has 2 rings (SSSR count). The van der Waals surface area contributed by atoms with Crippen LogP contribution < -0.4 is 5.43 Å². The number of nitrogens with zero attached hydrogens (tertiary/aromatic N) is 1. The summed E-state index contributed by atoms with van der Waals surface area (Å²) in [5.74, 6) is 0.440. The number of rotatable bonds is 7. The summed E-state index contributed by atoms with van der Waals surface area (Å²) in [4.78, 5) is 12.0. The summed E-state index contributed by atoms with van der Waals surface area (Å²) < 4.78 is 0. The van der Waals surface area contributed by atoms with Crippen molar-refractivity contribution < 1.29 is 4.79 Å². The van der Waals surface area contributed by atoms with Gasteiger partial charge in [-0.3, -0.25) is 4.79 Å². The Morgan fingerprint density at radius 1 is 1.26 bits per heavy atom. The van der Waals surface area contributed by atoms with Gasteiger partial charge < -0.3 is 0 Å². The van der Waals surface area contributed by atoms with Crippen LogP contribution in [-0.2, 0) is 4.79 Å². The molecule has 0 aliphatic heterocycles. The molecule has 1 aromatic rings. The highest BCUT2D eigenvalue weighted by atomic mass is 16.2. The fourth-order valence-corrected chi connectivity index (χ4v) is 2.57. The molecular formula is C20H26N2O. The molecule has 1 amide bonds. The first kappa shape index (κ1) is 17.2. The highest BCUT2D eigenvalue weighted by Crippen LogP contribution is 2.47. The minimum Gasteiger partial charge on any atom is -0.273 e. The lowest BCUT2D eigenvalue weighted by molar-refractivity contribution is -0.122. The number of hydrazone groups is 1. The van der Waals surface area contributed by atoms with Gasteiger partial charge in [0.25, 0.3) is 0 Å². The molecule has 0 aromatic heterocycles. The van der Waals surface area contributed by atoms with E-state index in [1.807, 2.05) is 24.3 Å².